The van der Waals surface area contributed by atoms with Gasteiger partial charge in [-0.2, -0.15) is 0 Å². The Labute approximate surface area is 89.5 Å². The van der Waals surface area contributed by atoms with Gasteiger partial charge in [0.15, 0.2) is 0 Å². The highest BCUT2D eigenvalue weighted by Gasteiger charge is 2.32. The molecule has 1 aliphatic carbocycles. The third kappa shape index (κ3) is 3.65. The van der Waals surface area contributed by atoms with Crippen LogP contribution in [-0.4, -0.2) is 17.6 Å². The SMILES string of the molecule is Br.NCC1(CC(=O)O)CCCCC1. The van der Waals surface area contributed by atoms with Gasteiger partial charge in [0.05, 0.1) is 6.42 Å². The molecule has 0 aromatic heterocycles. The second-order valence-electron chi connectivity index (χ2n) is 3.84. The number of carboxylic acid groups (broad SMARTS) is 1. The maximum Gasteiger partial charge on any atom is 0.303 e. The molecule has 1 aliphatic rings. The summed E-state index contributed by atoms with van der Waals surface area (Å²) in [5.74, 6) is -0.706. The quantitative estimate of drug-likeness (QED) is 0.806. The van der Waals surface area contributed by atoms with Crippen LogP contribution in [0.15, 0.2) is 0 Å². The molecule has 0 aromatic carbocycles. The first-order valence-electron chi connectivity index (χ1n) is 4.60. The van der Waals surface area contributed by atoms with E-state index in [1.807, 2.05) is 0 Å². The van der Waals surface area contributed by atoms with Crippen LogP contribution in [0.1, 0.15) is 38.5 Å². The molecule has 3 nitrogen and oxygen atoms in total. The summed E-state index contributed by atoms with van der Waals surface area (Å²) in [6.45, 7) is 0.527. The molecule has 1 saturated carbocycles. The van der Waals surface area contributed by atoms with E-state index in [1.165, 1.54) is 6.42 Å². The summed E-state index contributed by atoms with van der Waals surface area (Å²) in [5.41, 5.74) is 5.54. The topological polar surface area (TPSA) is 63.3 Å². The Kier molecular flexibility index (Phi) is 5.56. The Bertz CT molecular complexity index is 167. The number of carboxylic acids is 1. The molecular weight excluding hydrogens is 234 g/mol. The molecule has 0 heterocycles. The maximum absolute atomic E-state index is 10.6. The van der Waals surface area contributed by atoms with Crippen LogP contribution in [0, 0.1) is 5.41 Å². The second kappa shape index (κ2) is 5.60. The molecule has 0 spiro atoms. The van der Waals surface area contributed by atoms with Crippen molar-refractivity contribution >= 4 is 23.0 Å². The molecule has 0 unspecified atom stereocenters. The Morgan fingerprint density at radius 3 is 2.23 bits per heavy atom. The highest BCUT2D eigenvalue weighted by molar-refractivity contribution is 8.93. The predicted molar refractivity (Wildman–Crippen MR) is 57.1 cm³/mol. The lowest BCUT2D eigenvalue weighted by atomic mass is 9.72. The highest BCUT2D eigenvalue weighted by atomic mass is 79.9. The number of halogens is 1. The first-order chi connectivity index (χ1) is 5.68. The molecule has 0 atom stereocenters. The van der Waals surface area contributed by atoms with Crippen LogP contribution in [0.2, 0.25) is 0 Å². The van der Waals surface area contributed by atoms with Gasteiger partial charge in [-0.1, -0.05) is 19.3 Å². The molecule has 0 aliphatic heterocycles. The van der Waals surface area contributed by atoms with Crippen LogP contribution in [-0.2, 0) is 4.79 Å². The number of aliphatic carboxylic acids is 1. The minimum absolute atomic E-state index is 0. The summed E-state index contributed by atoms with van der Waals surface area (Å²) in [5, 5.41) is 8.71. The number of carbonyl (C=O) groups is 1. The number of rotatable bonds is 3. The molecule has 0 bridgehead atoms. The minimum Gasteiger partial charge on any atom is -0.481 e. The van der Waals surface area contributed by atoms with E-state index in [2.05, 4.69) is 0 Å². The average Bonchev–Trinajstić information content (AvgIpc) is 2.05. The molecule has 4 heteroatoms. The summed E-state index contributed by atoms with van der Waals surface area (Å²) in [4.78, 5) is 10.6. The van der Waals surface area contributed by atoms with Crippen LogP contribution >= 0.6 is 17.0 Å². The zero-order valence-corrected chi connectivity index (χ0v) is 9.50. The van der Waals surface area contributed by atoms with Gasteiger partial charge in [0, 0.05) is 0 Å². The zero-order chi connectivity index (χ0) is 9.03. The van der Waals surface area contributed by atoms with Gasteiger partial charge in [0.1, 0.15) is 0 Å². The van der Waals surface area contributed by atoms with Crippen LogP contribution in [0.5, 0.6) is 0 Å². The largest absolute Gasteiger partial charge is 0.481 e. The van der Waals surface area contributed by atoms with Gasteiger partial charge < -0.3 is 10.8 Å². The van der Waals surface area contributed by atoms with Crippen molar-refractivity contribution in [3.8, 4) is 0 Å². The standard InChI is InChI=1S/C9H17NO2.BrH/c10-7-9(6-8(11)12)4-2-1-3-5-9;/h1-7,10H2,(H,11,12);1H. The van der Waals surface area contributed by atoms with Crippen LogP contribution < -0.4 is 5.73 Å². The maximum atomic E-state index is 10.6. The fraction of sp³-hybridized carbons (Fsp3) is 0.889. The fourth-order valence-corrected chi connectivity index (χ4v) is 2.08. The summed E-state index contributed by atoms with van der Waals surface area (Å²) >= 11 is 0. The van der Waals surface area contributed by atoms with Crippen LogP contribution in [0.3, 0.4) is 0 Å². The first-order valence-corrected chi connectivity index (χ1v) is 4.60. The normalized spacial score (nSPS) is 20.4. The monoisotopic (exact) mass is 251 g/mol. The van der Waals surface area contributed by atoms with Crippen molar-refractivity contribution in [2.75, 3.05) is 6.54 Å². The van der Waals surface area contributed by atoms with Gasteiger partial charge in [0.25, 0.3) is 0 Å². The molecule has 1 fully saturated rings. The van der Waals surface area contributed by atoms with Crippen molar-refractivity contribution < 1.29 is 9.90 Å². The van der Waals surface area contributed by atoms with Crippen LogP contribution in [0.25, 0.3) is 0 Å². The van der Waals surface area contributed by atoms with E-state index in [4.69, 9.17) is 10.8 Å². The fourth-order valence-electron chi connectivity index (χ4n) is 2.08. The lowest BCUT2D eigenvalue weighted by Gasteiger charge is -2.34. The van der Waals surface area contributed by atoms with Crippen molar-refractivity contribution in [1.82, 2.24) is 0 Å². The van der Waals surface area contributed by atoms with E-state index < -0.39 is 5.97 Å². The summed E-state index contributed by atoms with van der Waals surface area (Å²) in [6.07, 6.45) is 5.77. The summed E-state index contributed by atoms with van der Waals surface area (Å²) < 4.78 is 0. The lowest BCUT2D eigenvalue weighted by molar-refractivity contribution is -0.140. The molecular formula is C9H18BrNO2. The van der Waals surface area contributed by atoms with Crippen molar-refractivity contribution in [3.63, 3.8) is 0 Å². The van der Waals surface area contributed by atoms with E-state index in [-0.39, 0.29) is 28.8 Å². The molecule has 78 valence electrons. The highest BCUT2D eigenvalue weighted by Crippen LogP contribution is 2.38. The van der Waals surface area contributed by atoms with E-state index in [0.29, 0.717) is 6.54 Å². The van der Waals surface area contributed by atoms with Gasteiger partial charge in [-0.15, -0.1) is 17.0 Å². The number of nitrogens with two attached hydrogens (primary N) is 1. The van der Waals surface area contributed by atoms with Gasteiger partial charge in [-0.3, -0.25) is 4.79 Å². The minimum atomic E-state index is -0.706. The molecule has 1 rings (SSSR count). The molecule has 0 radical (unpaired) electrons. The molecule has 0 aromatic rings. The van der Waals surface area contributed by atoms with Gasteiger partial charge in [0.2, 0.25) is 0 Å². The van der Waals surface area contributed by atoms with E-state index in [9.17, 15) is 4.79 Å². The first kappa shape index (κ1) is 12.9. The van der Waals surface area contributed by atoms with Crippen molar-refractivity contribution in [2.24, 2.45) is 11.1 Å². The second-order valence-corrected chi connectivity index (χ2v) is 3.84. The van der Waals surface area contributed by atoms with Gasteiger partial charge in [-0.05, 0) is 24.8 Å². The number of hydrogen-bond acceptors (Lipinski definition) is 2. The van der Waals surface area contributed by atoms with Crippen molar-refractivity contribution in [1.29, 1.82) is 0 Å². The summed E-state index contributed by atoms with van der Waals surface area (Å²) in [6, 6.07) is 0. The van der Waals surface area contributed by atoms with E-state index in [1.54, 1.807) is 0 Å². The summed E-state index contributed by atoms with van der Waals surface area (Å²) in [7, 11) is 0. The Hall–Kier alpha value is -0.0900. The molecule has 0 amide bonds. The average molecular weight is 252 g/mol. The Morgan fingerprint density at radius 2 is 1.85 bits per heavy atom. The van der Waals surface area contributed by atoms with Crippen molar-refractivity contribution in [2.45, 2.75) is 38.5 Å². The molecule has 13 heavy (non-hydrogen) atoms. The van der Waals surface area contributed by atoms with Gasteiger partial charge >= 0.3 is 5.97 Å². The predicted octanol–water partition coefficient (Wildman–Crippen LogP) is 1.95. The molecule has 3 N–H and O–H groups in total. The van der Waals surface area contributed by atoms with E-state index >= 15 is 0 Å². The zero-order valence-electron chi connectivity index (χ0n) is 7.79. The Balaban J connectivity index is 0.00000144. The third-order valence-corrected chi connectivity index (χ3v) is 2.87. The third-order valence-electron chi connectivity index (χ3n) is 2.87. The van der Waals surface area contributed by atoms with Crippen molar-refractivity contribution in [3.05, 3.63) is 0 Å². The van der Waals surface area contributed by atoms with Crippen LogP contribution in [0.4, 0.5) is 0 Å². The lowest BCUT2D eigenvalue weighted by Crippen LogP contribution is -2.34. The Morgan fingerprint density at radius 1 is 1.31 bits per heavy atom. The smallest absolute Gasteiger partial charge is 0.303 e. The van der Waals surface area contributed by atoms with Gasteiger partial charge in [-0.25, -0.2) is 0 Å². The molecule has 0 saturated heterocycles. The number of hydrogen-bond donors (Lipinski definition) is 2. The van der Waals surface area contributed by atoms with E-state index in [0.717, 1.165) is 25.7 Å².